The quantitative estimate of drug-likeness (QED) is 0.183. The van der Waals surface area contributed by atoms with Crippen molar-refractivity contribution in [3.8, 4) is 0 Å². The first-order valence-corrected chi connectivity index (χ1v) is 11.4. The van der Waals surface area contributed by atoms with Gasteiger partial charge in [-0.15, -0.1) is 0 Å². The Bertz CT molecular complexity index is 1730. The summed E-state index contributed by atoms with van der Waals surface area (Å²) in [6, 6.07) is 21.6. The van der Waals surface area contributed by atoms with Gasteiger partial charge in [0, 0.05) is 27.7 Å². The summed E-state index contributed by atoms with van der Waals surface area (Å²) in [6.07, 6.45) is 1.87. The van der Waals surface area contributed by atoms with Gasteiger partial charge in [-0.1, -0.05) is 36.4 Å². The highest BCUT2D eigenvalue weighted by Gasteiger charge is 2.52. The number of hydrogen-bond donors (Lipinski definition) is 0. The topological polar surface area (TPSA) is 44.2 Å². The zero-order chi connectivity index (χ0) is 22.5. The van der Waals surface area contributed by atoms with Gasteiger partial charge in [0.1, 0.15) is 0 Å². The molecule has 33 heavy (non-hydrogen) atoms. The Morgan fingerprint density at radius 2 is 1.24 bits per heavy atom. The molecular formula is C28H23BN2O2. The Kier molecular flexibility index (Phi) is 3.60. The summed E-state index contributed by atoms with van der Waals surface area (Å²) in [5, 5.41) is 9.54. The van der Waals surface area contributed by atoms with Crippen LogP contribution < -0.4 is 5.59 Å². The fourth-order valence-corrected chi connectivity index (χ4v) is 5.19. The lowest BCUT2D eigenvalue weighted by Crippen LogP contribution is -2.41. The zero-order valence-corrected chi connectivity index (χ0v) is 19.1. The van der Waals surface area contributed by atoms with Crippen LogP contribution in [0, 0.1) is 0 Å². The molecule has 0 unspecified atom stereocenters. The second kappa shape index (κ2) is 6.19. The minimum Gasteiger partial charge on any atom is -0.398 e. The van der Waals surface area contributed by atoms with Crippen molar-refractivity contribution >= 4 is 66.8 Å². The van der Waals surface area contributed by atoms with Crippen molar-refractivity contribution < 1.29 is 9.31 Å². The highest BCUT2D eigenvalue weighted by Crippen LogP contribution is 2.40. The van der Waals surface area contributed by atoms with Crippen molar-refractivity contribution in [1.82, 2.24) is 9.97 Å². The summed E-state index contributed by atoms with van der Waals surface area (Å²) < 4.78 is 12.6. The molecule has 1 fully saturated rings. The van der Waals surface area contributed by atoms with E-state index in [2.05, 4.69) is 76.2 Å². The van der Waals surface area contributed by atoms with E-state index in [-0.39, 0.29) is 0 Å². The van der Waals surface area contributed by atoms with Gasteiger partial charge in [0.05, 0.1) is 27.8 Å². The second-order valence-corrected chi connectivity index (χ2v) is 10.1. The number of hydrogen-bond acceptors (Lipinski definition) is 4. The van der Waals surface area contributed by atoms with Crippen LogP contribution in [0.3, 0.4) is 0 Å². The summed E-state index contributed by atoms with van der Waals surface area (Å²) in [6.45, 7) is 8.28. The molecular weight excluding hydrogens is 407 g/mol. The molecule has 0 bridgehead atoms. The van der Waals surface area contributed by atoms with Crippen LogP contribution in [0.15, 0.2) is 66.9 Å². The maximum atomic E-state index is 6.28. The summed E-state index contributed by atoms with van der Waals surface area (Å²) in [4.78, 5) is 9.78. The van der Waals surface area contributed by atoms with E-state index >= 15 is 0 Å². The van der Waals surface area contributed by atoms with Gasteiger partial charge in [-0.25, -0.2) is 0 Å². The molecule has 1 aliphatic heterocycles. The predicted molar refractivity (Wildman–Crippen MR) is 136 cm³/mol. The van der Waals surface area contributed by atoms with Crippen LogP contribution in [0.4, 0.5) is 0 Å². The zero-order valence-electron chi connectivity index (χ0n) is 19.1. The molecule has 0 radical (unpaired) electrons. The van der Waals surface area contributed by atoms with Crippen LogP contribution in [-0.4, -0.2) is 28.3 Å². The van der Waals surface area contributed by atoms with E-state index in [1.807, 2.05) is 18.3 Å². The van der Waals surface area contributed by atoms with E-state index in [4.69, 9.17) is 19.3 Å². The number of fused-ring (bicyclic) bond motifs is 4. The van der Waals surface area contributed by atoms with Gasteiger partial charge in [0.15, 0.2) is 0 Å². The Hall–Kier alpha value is -3.28. The third-order valence-corrected chi connectivity index (χ3v) is 7.64. The summed E-state index contributed by atoms with van der Waals surface area (Å²) in [5.74, 6) is 0. The molecule has 4 nitrogen and oxygen atoms in total. The second-order valence-electron chi connectivity index (χ2n) is 10.1. The molecule has 2 aromatic heterocycles. The molecule has 160 valence electrons. The maximum Gasteiger partial charge on any atom is 0.514 e. The normalized spacial score (nSPS) is 17.9. The minimum absolute atomic E-state index is 0.398. The van der Waals surface area contributed by atoms with Crippen LogP contribution in [0.1, 0.15) is 27.7 Å². The highest BCUT2D eigenvalue weighted by molar-refractivity contribution is 6.61. The van der Waals surface area contributed by atoms with Gasteiger partial charge in [0.2, 0.25) is 0 Å². The molecule has 0 aliphatic carbocycles. The first kappa shape index (κ1) is 19.2. The van der Waals surface area contributed by atoms with Crippen molar-refractivity contribution in [3.63, 3.8) is 0 Å². The van der Waals surface area contributed by atoms with Crippen LogP contribution in [0.2, 0.25) is 0 Å². The van der Waals surface area contributed by atoms with Gasteiger partial charge >= 0.3 is 7.12 Å². The van der Waals surface area contributed by atoms with Crippen LogP contribution in [0.25, 0.3) is 54.1 Å². The van der Waals surface area contributed by atoms with Crippen molar-refractivity contribution in [3.05, 3.63) is 66.9 Å². The van der Waals surface area contributed by atoms with Gasteiger partial charge in [-0.05, 0) is 73.5 Å². The summed E-state index contributed by atoms with van der Waals surface area (Å²) >= 11 is 0. The van der Waals surface area contributed by atoms with Crippen molar-refractivity contribution in [2.75, 3.05) is 0 Å². The van der Waals surface area contributed by atoms with Gasteiger partial charge in [-0.3, -0.25) is 9.97 Å². The first-order chi connectivity index (χ1) is 15.8. The van der Waals surface area contributed by atoms with E-state index in [1.165, 1.54) is 26.9 Å². The molecule has 0 spiro atoms. The average molecular weight is 430 g/mol. The predicted octanol–water partition coefficient (Wildman–Crippen LogP) is 5.98. The molecule has 7 rings (SSSR count). The number of benzene rings is 4. The first-order valence-electron chi connectivity index (χ1n) is 11.4. The molecule has 4 aromatic carbocycles. The lowest BCUT2D eigenvalue weighted by Gasteiger charge is -2.32. The van der Waals surface area contributed by atoms with E-state index in [0.29, 0.717) is 0 Å². The number of aromatic nitrogens is 2. The molecule has 1 saturated heterocycles. The minimum atomic E-state index is -0.480. The molecule has 1 aliphatic rings. The Balaban J connectivity index is 1.53. The van der Waals surface area contributed by atoms with Crippen LogP contribution >= 0.6 is 0 Å². The van der Waals surface area contributed by atoms with E-state index < -0.39 is 18.3 Å². The summed E-state index contributed by atoms with van der Waals surface area (Å²) in [5.41, 5.74) is 2.03. The maximum absolute atomic E-state index is 6.28. The SMILES string of the molecule is CC1(C)OB(c2ccc3cc4ccc5cc6cccnc6c6ccc(c3n2)c4c56)OC1(C)C. The smallest absolute Gasteiger partial charge is 0.398 e. The Morgan fingerprint density at radius 3 is 1.91 bits per heavy atom. The van der Waals surface area contributed by atoms with Crippen molar-refractivity contribution in [2.24, 2.45) is 0 Å². The van der Waals surface area contributed by atoms with E-state index in [1.54, 1.807) is 0 Å². The summed E-state index contributed by atoms with van der Waals surface area (Å²) in [7, 11) is -0.480. The molecule has 0 N–H and O–H groups in total. The Morgan fingerprint density at radius 1 is 0.667 bits per heavy atom. The fraction of sp³-hybridized carbons (Fsp3) is 0.214. The number of pyridine rings is 2. The lowest BCUT2D eigenvalue weighted by atomic mass is 9.83. The van der Waals surface area contributed by atoms with E-state index in [0.717, 1.165) is 32.8 Å². The number of rotatable bonds is 1. The number of nitrogens with zero attached hydrogens (tertiary/aromatic N) is 2. The Labute approximate surface area is 192 Å². The standard InChI is InChI=1S/C28H23BN2O2/c1-27(2)28(3,4)33-29(32-27)22-12-9-19-15-17-8-7-16-14-18-6-5-13-30-25(18)20-10-11-21(26(19)31-22)24(17)23(16)20/h5-15H,1-4H3. The lowest BCUT2D eigenvalue weighted by molar-refractivity contribution is 0.00578. The van der Waals surface area contributed by atoms with E-state index in [9.17, 15) is 0 Å². The molecule has 6 aromatic rings. The molecule has 3 heterocycles. The fourth-order valence-electron chi connectivity index (χ4n) is 5.19. The highest BCUT2D eigenvalue weighted by atomic mass is 16.7. The van der Waals surface area contributed by atoms with Gasteiger partial charge in [0.25, 0.3) is 0 Å². The molecule has 0 saturated carbocycles. The third-order valence-electron chi connectivity index (χ3n) is 7.64. The largest absolute Gasteiger partial charge is 0.514 e. The molecule has 0 amide bonds. The van der Waals surface area contributed by atoms with Gasteiger partial charge < -0.3 is 9.31 Å². The van der Waals surface area contributed by atoms with Crippen LogP contribution in [-0.2, 0) is 9.31 Å². The van der Waals surface area contributed by atoms with Crippen molar-refractivity contribution in [2.45, 2.75) is 38.9 Å². The molecule has 0 atom stereocenters. The average Bonchev–Trinajstić information content (AvgIpc) is 3.03. The van der Waals surface area contributed by atoms with Crippen LogP contribution in [0.5, 0.6) is 0 Å². The van der Waals surface area contributed by atoms with Gasteiger partial charge in [-0.2, -0.15) is 0 Å². The third kappa shape index (κ3) is 2.55. The van der Waals surface area contributed by atoms with Crippen molar-refractivity contribution in [1.29, 1.82) is 0 Å². The molecule has 5 heteroatoms. The monoisotopic (exact) mass is 430 g/mol.